The smallest absolute Gasteiger partial charge is 0.144 e. The van der Waals surface area contributed by atoms with Gasteiger partial charge in [0.25, 0.3) is 0 Å². The van der Waals surface area contributed by atoms with Crippen molar-refractivity contribution in [2.75, 3.05) is 19.4 Å². The Morgan fingerprint density at radius 2 is 2.00 bits per heavy atom. The topological polar surface area (TPSA) is 41.1 Å². The van der Waals surface area contributed by atoms with Crippen molar-refractivity contribution in [1.82, 2.24) is 14.9 Å². The van der Waals surface area contributed by atoms with E-state index < -0.39 is 0 Å². The minimum Gasteiger partial charge on any atom is -0.373 e. The van der Waals surface area contributed by atoms with Crippen LogP contribution in [-0.2, 0) is 6.54 Å². The molecule has 1 aromatic heterocycles. The number of hydrogen-bond donors (Lipinski definition) is 1. The molecule has 1 rings (SSSR count). The molecule has 0 amide bonds. The number of nitrogens with one attached hydrogen (secondary N) is 1. The largest absolute Gasteiger partial charge is 0.373 e. The first-order valence-electron chi connectivity index (χ1n) is 6.12. The molecule has 1 aromatic rings. The zero-order valence-electron chi connectivity index (χ0n) is 11.8. The van der Waals surface area contributed by atoms with Gasteiger partial charge in [-0.2, -0.15) is 0 Å². The number of aromatic nitrogens is 2. The van der Waals surface area contributed by atoms with Crippen molar-refractivity contribution in [3.63, 3.8) is 0 Å². The van der Waals surface area contributed by atoms with Crippen molar-refractivity contribution in [3.05, 3.63) is 17.6 Å². The maximum absolute atomic E-state index is 4.48. The minimum atomic E-state index is 0.174. The number of nitrogens with zero attached hydrogens (tertiary/aromatic N) is 3. The summed E-state index contributed by atoms with van der Waals surface area (Å²) in [6, 6.07) is 1.95. The highest BCUT2D eigenvalue weighted by Gasteiger charge is 2.21. The zero-order valence-corrected chi connectivity index (χ0v) is 11.8. The van der Waals surface area contributed by atoms with Gasteiger partial charge in [0.2, 0.25) is 0 Å². The van der Waals surface area contributed by atoms with Gasteiger partial charge in [0.05, 0.1) is 6.54 Å². The molecule has 0 bridgehead atoms. The van der Waals surface area contributed by atoms with Crippen molar-refractivity contribution in [3.8, 4) is 0 Å². The molecule has 0 saturated heterocycles. The van der Waals surface area contributed by atoms with Gasteiger partial charge in [0.1, 0.15) is 11.6 Å². The van der Waals surface area contributed by atoms with Gasteiger partial charge in [-0.15, -0.1) is 0 Å². The third-order valence-corrected chi connectivity index (χ3v) is 3.43. The molecule has 0 atom stereocenters. The van der Waals surface area contributed by atoms with Crippen LogP contribution in [0, 0.1) is 6.92 Å². The SMILES string of the molecule is CCC(C)(C)N(C)Cc1nc(C)cc(NC)n1. The lowest BCUT2D eigenvalue weighted by Crippen LogP contribution is -2.40. The predicted molar refractivity (Wildman–Crippen MR) is 72.2 cm³/mol. The van der Waals surface area contributed by atoms with E-state index in [9.17, 15) is 0 Å². The Labute approximate surface area is 104 Å². The van der Waals surface area contributed by atoms with E-state index >= 15 is 0 Å². The maximum Gasteiger partial charge on any atom is 0.144 e. The van der Waals surface area contributed by atoms with Gasteiger partial charge in [0.15, 0.2) is 0 Å². The monoisotopic (exact) mass is 236 g/mol. The summed E-state index contributed by atoms with van der Waals surface area (Å²) in [6.07, 6.45) is 1.11. The van der Waals surface area contributed by atoms with Crippen LogP contribution in [0.4, 0.5) is 5.82 Å². The summed E-state index contributed by atoms with van der Waals surface area (Å²) in [7, 11) is 4.00. The molecular formula is C13H24N4. The number of aryl methyl sites for hydroxylation is 1. The third-order valence-electron chi connectivity index (χ3n) is 3.43. The first-order valence-corrected chi connectivity index (χ1v) is 6.12. The second kappa shape index (κ2) is 5.45. The predicted octanol–water partition coefficient (Wildman–Crippen LogP) is 2.45. The molecule has 0 aliphatic rings. The van der Waals surface area contributed by atoms with Crippen LogP contribution >= 0.6 is 0 Å². The fraction of sp³-hybridized carbons (Fsp3) is 0.692. The molecule has 0 fully saturated rings. The molecule has 4 heteroatoms. The Morgan fingerprint density at radius 1 is 1.35 bits per heavy atom. The molecule has 0 aliphatic carbocycles. The molecule has 0 unspecified atom stereocenters. The molecule has 1 N–H and O–H groups in total. The Kier molecular flexibility index (Phi) is 4.46. The van der Waals surface area contributed by atoms with Crippen LogP contribution in [0.1, 0.15) is 38.7 Å². The van der Waals surface area contributed by atoms with E-state index in [4.69, 9.17) is 0 Å². The summed E-state index contributed by atoms with van der Waals surface area (Å²) in [5.41, 5.74) is 1.18. The van der Waals surface area contributed by atoms with Crippen molar-refractivity contribution >= 4 is 5.82 Å². The number of rotatable bonds is 5. The summed E-state index contributed by atoms with van der Waals surface area (Å²) >= 11 is 0. The molecule has 17 heavy (non-hydrogen) atoms. The average Bonchev–Trinajstić information content (AvgIpc) is 2.28. The summed E-state index contributed by atoms with van der Waals surface area (Å²) in [4.78, 5) is 11.2. The Hall–Kier alpha value is -1.16. The fourth-order valence-corrected chi connectivity index (χ4v) is 1.52. The first-order chi connectivity index (χ1) is 7.89. The molecule has 0 aromatic carbocycles. The van der Waals surface area contributed by atoms with Gasteiger partial charge in [-0.05, 0) is 34.2 Å². The molecule has 4 nitrogen and oxygen atoms in total. The van der Waals surface area contributed by atoms with E-state index in [1.54, 1.807) is 0 Å². The molecule has 0 saturated carbocycles. The molecular weight excluding hydrogens is 212 g/mol. The van der Waals surface area contributed by atoms with Crippen LogP contribution in [-0.4, -0.2) is 34.5 Å². The quantitative estimate of drug-likeness (QED) is 0.852. The summed E-state index contributed by atoms with van der Waals surface area (Å²) in [5.74, 6) is 1.76. The summed E-state index contributed by atoms with van der Waals surface area (Å²) in [5, 5.41) is 3.06. The van der Waals surface area contributed by atoms with E-state index in [1.165, 1.54) is 0 Å². The van der Waals surface area contributed by atoms with E-state index in [2.05, 4.69) is 48.0 Å². The summed E-state index contributed by atoms with van der Waals surface area (Å²) in [6.45, 7) is 9.45. The van der Waals surface area contributed by atoms with Gasteiger partial charge < -0.3 is 5.32 Å². The lowest BCUT2D eigenvalue weighted by atomic mass is 10.0. The highest BCUT2D eigenvalue weighted by Crippen LogP contribution is 2.18. The van der Waals surface area contributed by atoms with Crippen LogP contribution < -0.4 is 5.32 Å². The number of anilines is 1. The second-order valence-corrected chi connectivity index (χ2v) is 5.08. The highest BCUT2D eigenvalue weighted by molar-refractivity contribution is 5.34. The maximum atomic E-state index is 4.48. The van der Waals surface area contributed by atoms with Crippen LogP contribution in [0.25, 0.3) is 0 Å². The van der Waals surface area contributed by atoms with Crippen LogP contribution in [0.3, 0.4) is 0 Å². The van der Waals surface area contributed by atoms with Gasteiger partial charge in [-0.3, -0.25) is 4.90 Å². The average molecular weight is 236 g/mol. The standard InChI is InChI=1S/C13H24N4/c1-7-13(3,4)17(6)9-12-15-10(2)8-11(14-5)16-12/h8H,7,9H2,1-6H3,(H,14,15,16). The Balaban J connectivity index is 2.84. The van der Waals surface area contributed by atoms with E-state index in [1.807, 2.05) is 20.0 Å². The normalized spacial score (nSPS) is 11.9. The first kappa shape index (κ1) is 13.9. The van der Waals surface area contributed by atoms with Crippen molar-refractivity contribution in [1.29, 1.82) is 0 Å². The minimum absolute atomic E-state index is 0.174. The lowest BCUT2D eigenvalue weighted by molar-refractivity contribution is 0.139. The molecule has 0 aliphatic heterocycles. The molecule has 0 spiro atoms. The van der Waals surface area contributed by atoms with Crippen LogP contribution in [0.2, 0.25) is 0 Å². The number of hydrogen-bond acceptors (Lipinski definition) is 4. The van der Waals surface area contributed by atoms with Crippen molar-refractivity contribution < 1.29 is 0 Å². The Morgan fingerprint density at radius 3 is 2.53 bits per heavy atom. The van der Waals surface area contributed by atoms with E-state index in [0.29, 0.717) is 0 Å². The molecule has 0 radical (unpaired) electrons. The third kappa shape index (κ3) is 3.66. The van der Waals surface area contributed by atoms with Crippen molar-refractivity contribution in [2.45, 2.75) is 46.2 Å². The van der Waals surface area contributed by atoms with Gasteiger partial charge in [-0.25, -0.2) is 9.97 Å². The van der Waals surface area contributed by atoms with Crippen LogP contribution in [0.5, 0.6) is 0 Å². The summed E-state index contributed by atoms with van der Waals surface area (Å²) < 4.78 is 0. The molecule has 1 heterocycles. The second-order valence-electron chi connectivity index (χ2n) is 5.08. The highest BCUT2D eigenvalue weighted by atomic mass is 15.2. The fourth-order valence-electron chi connectivity index (χ4n) is 1.52. The van der Waals surface area contributed by atoms with Gasteiger partial charge in [0, 0.05) is 24.3 Å². The Bertz CT molecular complexity index is 374. The van der Waals surface area contributed by atoms with Gasteiger partial charge in [-0.1, -0.05) is 6.92 Å². The van der Waals surface area contributed by atoms with E-state index in [-0.39, 0.29) is 5.54 Å². The molecule has 96 valence electrons. The lowest BCUT2D eigenvalue weighted by Gasteiger charge is -2.34. The van der Waals surface area contributed by atoms with E-state index in [0.717, 1.165) is 30.3 Å². The van der Waals surface area contributed by atoms with Gasteiger partial charge >= 0.3 is 0 Å². The zero-order chi connectivity index (χ0) is 13.1. The van der Waals surface area contributed by atoms with Crippen LogP contribution in [0.15, 0.2) is 6.07 Å². The van der Waals surface area contributed by atoms with Crippen molar-refractivity contribution in [2.24, 2.45) is 0 Å².